The van der Waals surface area contributed by atoms with Crippen LogP contribution in [0, 0.1) is 0 Å². The molecule has 0 aliphatic rings. The van der Waals surface area contributed by atoms with Crippen LogP contribution in [0.3, 0.4) is 0 Å². The summed E-state index contributed by atoms with van der Waals surface area (Å²) in [7, 11) is 0. The Bertz CT molecular complexity index is 377. The maximum Gasteiger partial charge on any atom is 0.238 e. The molecule has 112 valence electrons. The van der Waals surface area contributed by atoms with Crippen molar-refractivity contribution in [3.05, 3.63) is 29.8 Å². The topological polar surface area (TPSA) is 64.3 Å². The van der Waals surface area contributed by atoms with Crippen molar-refractivity contribution in [2.45, 2.75) is 51.9 Å². The first-order chi connectivity index (χ1) is 9.76. The zero-order chi connectivity index (χ0) is 14.6. The van der Waals surface area contributed by atoms with E-state index in [2.05, 4.69) is 12.3 Å². The number of hydrazine groups is 1. The highest BCUT2D eigenvalue weighted by Gasteiger charge is 2.01. The van der Waals surface area contributed by atoms with Crippen LogP contribution in [0.1, 0.15) is 51.0 Å². The van der Waals surface area contributed by atoms with E-state index in [9.17, 15) is 4.79 Å². The van der Waals surface area contributed by atoms with Gasteiger partial charge in [0.15, 0.2) is 0 Å². The summed E-state index contributed by atoms with van der Waals surface area (Å²) in [4.78, 5) is 11.1. The van der Waals surface area contributed by atoms with Gasteiger partial charge in [-0.15, -0.1) is 0 Å². The number of amides is 1. The second kappa shape index (κ2) is 10.3. The van der Waals surface area contributed by atoms with Crippen molar-refractivity contribution in [1.29, 1.82) is 0 Å². The second-order valence-corrected chi connectivity index (χ2v) is 5.00. The molecule has 0 saturated heterocycles. The van der Waals surface area contributed by atoms with Crippen LogP contribution in [0.2, 0.25) is 0 Å². The Balaban J connectivity index is 2.16. The van der Waals surface area contributed by atoms with Crippen LogP contribution >= 0.6 is 0 Å². The predicted molar refractivity (Wildman–Crippen MR) is 81.3 cm³/mol. The van der Waals surface area contributed by atoms with Crippen LogP contribution in [-0.2, 0) is 11.2 Å². The van der Waals surface area contributed by atoms with E-state index in [1.807, 2.05) is 24.3 Å². The molecule has 0 radical (unpaired) electrons. The molecule has 0 atom stereocenters. The van der Waals surface area contributed by atoms with E-state index >= 15 is 0 Å². The van der Waals surface area contributed by atoms with Crippen molar-refractivity contribution in [1.82, 2.24) is 5.43 Å². The number of nitrogens with two attached hydrogens (primary N) is 1. The van der Waals surface area contributed by atoms with Crippen molar-refractivity contribution in [3.63, 3.8) is 0 Å². The fourth-order valence-corrected chi connectivity index (χ4v) is 2.01. The van der Waals surface area contributed by atoms with Gasteiger partial charge in [-0.05, 0) is 24.1 Å². The minimum absolute atomic E-state index is 0.189. The number of carbonyl (C=O) groups is 1. The smallest absolute Gasteiger partial charge is 0.238 e. The first kappa shape index (κ1) is 16.5. The summed E-state index contributed by atoms with van der Waals surface area (Å²) in [5.74, 6) is 5.72. The normalized spacial score (nSPS) is 10.3. The number of unbranched alkanes of at least 4 members (excludes halogenated alkanes) is 5. The van der Waals surface area contributed by atoms with E-state index < -0.39 is 0 Å². The molecule has 1 aromatic rings. The molecule has 1 rings (SSSR count). The molecule has 3 N–H and O–H groups in total. The number of carbonyl (C=O) groups excluding carboxylic acids is 1. The van der Waals surface area contributed by atoms with Crippen molar-refractivity contribution in [2.24, 2.45) is 5.84 Å². The molecule has 0 bridgehead atoms. The summed E-state index contributed by atoms with van der Waals surface area (Å²) < 4.78 is 5.67. The first-order valence-electron chi connectivity index (χ1n) is 7.47. The Morgan fingerprint density at radius 1 is 1.10 bits per heavy atom. The van der Waals surface area contributed by atoms with Gasteiger partial charge < -0.3 is 4.74 Å². The van der Waals surface area contributed by atoms with E-state index in [-0.39, 0.29) is 5.91 Å². The molecule has 1 amide bonds. The van der Waals surface area contributed by atoms with Gasteiger partial charge in [0.05, 0.1) is 13.0 Å². The summed E-state index contributed by atoms with van der Waals surface area (Å²) in [5, 5.41) is 0. The van der Waals surface area contributed by atoms with Crippen molar-refractivity contribution < 1.29 is 9.53 Å². The number of hydrogen-bond acceptors (Lipinski definition) is 3. The zero-order valence-electron chi connectivity index (χ0n) is 12.4. The van der Waals surface area contributed by atoms with Crippen LogP contribution < -0.4 is 16.0 Å². The summed E-state index contributed by atoms with van der Waals surface area (Å²) in [6.45, 7) is 2.98. The van der Waals surface area contributed by atoms with Gasteiger partial charge in [-0.3, -0.25) is 10.2 Å². The lowest BCUT2D eigenvalue weighted by atomic mass is 10.1. The third kappa shape index (κ3) is 7.14. The van der Waals surface area contributed by atoms with Crippen LogP contribution in [-0.4, -0.2) is 12.5 Å². The highest BCUT2D eigenvalue weighted by atomic mass is 16.5. The summed E-state index contributed by atoms with van der Waals surface area (Å²) in [6.07, 6.45) is 7.87. The number of ether oxygens (including phenoxy) is 1. The number of benzene rings is 1. The Labute approximate surface area is 121 Å². The third-order valence-corrected chi connectivity index (χ3v) is 3.22. The maximum absolute atomic E-state index is 11.1. The Morgan fingerprint density at radius 2 is 1.75 bits per heavy atom. The molecule has 0 fully saturated rings. The summed E-state index contributed by atoms with van der Waals surface area (Å²) >= 11 is 0. The SMILES string of the molecule is CCCCCCCCOc1ccc(CC(=O)NN)cc1. The lowest BCUT2D eigenvalue weighted by Crippen LogP contribution is -2.31. The maximum atomic E-state index is 11.1. The summed E-state index contributed by atoms with van der Waals surface area (Å²) in [6, 6.07) is 7.59. The molecule has 0 aromatic heterocycles. The molecular weight excluding hydrogens is 252 g/mol. The fourth-order valence-electron chi connectivity index (χ4n) is 2.01. The Morgan fingerprint density at radius 3 is 2.40 bits per heavy atom. The first-order valence-corrected chi connectivity index (χ1v) is 7.47. The van der Waals surface area contributed by atoms with Crippen LogP contribution in [0.5, 0.6) is 5.75 Å². The van der Waals surface area contributed by atoms with E-state index in [4.69, 9.17) is 10.6 Å². The molecule has 0 saturated carbocycles. The van der Waals surface area contributed by atoms with Crippen LogP contribution in [0.4, 0.5) is 0 Å². The molecule has 0 aliphatic carbocycles. The minimum Gasteiger partial charge on any atom is -0.494 e. The van der Waals surface area contributed by atoms with E-state index in [0.29, 0.717) is 6.42 Å². The van der Waals surface area contributed by atoms with Crippen LogP contribution in [0.15, 0.2) is 24.3 Å². The predicted octanol–water partition coefficient (Wildman–Crippen LogP) is 2.96. The molecular formula is C16H26N2O2. The number of rotatable bonds is 10. The van der Waals surface area contributed by atoms with Gasteiger partial charge in [0.25, 0.3) is 0 Å². The standard InChI is InChI=1S/C16H26N2O2/c1-2-3-4-5-6-7-12-20-15-10-8-14(9-11-15)13-16(19)18-17/h8-11H,2-7,12-13,17H2,1H3,(H,18,19). The van der Waals surface area contributed by atoms with Gasteiger partial charge >= 0.3 is 0 Å². The lowest BCUT2D eigenvalue weighted by molar-refractivity contribution is -0.120. The molecule has 4 nitrogen and oxygen atoms in total. The van der Waals surface area contributed by atoms with Crippen LogP contribution in [0.25, 0.3) is 0 Å². The molecule has 0 heterocycles. The summed E-state index contributed by atoms with van der Waals surface area (Å²) in [5.41, 5.74) is 3.05. The van der Waals surface area contributed by atoms with Crippen molar-refractivity contribution >= 4 is 5.91 Å². The van der Waals surface area contributed by atoms with Gasteiger partial charge in [0.1, 0.15) is 5.75 Å². The minimum atomic E-state index is -0.189. The van der Waals surface area contributed by atoms with E-state index in [1.165, 1.54) is 32.1 Å². The van der Waals surface area contributed by atoms with Gasteiger partial charge in [0.2, 0.25) is 5.91 Å². The average Bonchev–Trinajstić information content (AvgIpc) is 2.48. The molecule has 1 aromatic carbocycles. The van der Waals surface area contributed by atoms with Crippen molar-refractivity contribution in [2.75, 3.05) is 6.61 Å². The highest BCUT2D eigenvalue weighted by Crippen LogP contribution is 2.13. The Hall–Kier alpha value is -1.55. The van der Waals surface area contributed by atoms with Gasteiger partial charge in [-0.25, -0.2) is 5.84 Å². The molecule has 0 unspecified atom stereocenters. The number of nitrogens with one attached hydrogen (secondary N) is 1. The Kier molecular flexibility index (Phi) is 8.47. The van der Waals surface area contributed by atoms with Gasteiger partial charge in [0, 0.05) is 0 Å². The molecule has 20 heavy (non-hydrogen) atoms. The van der Waals surface area contributed by atoms with Gasteiger partial charge in [-0.1, -0.05) is 51.2 Å². The lowest BCUT2D eigenvalue weighted by Gasteiger charge is -2.07. The zero-order valence-corrected chi connectivity index (χ0v) is 12.4. The monoisotopic (exact) mass is 278 g/mol. The van der Waals surface area contributed by atoms with E-state index in [0.717, 1.165) is 24.3 Å². The molecule has 0 aliphatic heterocycles. The van der Waals surface area contributed by atoms with Gasteiger partial charge in [-0.2, -0.15) is 0 Å². The quantitative estimate of drug-likeness (QED) is 0.299. The average molecular weight is 278 g/mol. The fraction of sp³-hybridized carbons (Fsp3) is 0.562. The van der Waals surface area contributed by atoms with Crippen molar-refractivity contribution in [3.8, 4) is 5.75 Å². The largest absolute Gasteiger partial charge is 0.494 e. The number of hydrogen-bond donors (Lipinski definition) is 2. The highest BCUT2D eigenvalue weighted by molar-refractivity contribution is 5.77. The third-order valence-electron chi connectivity index (χ3n) is 3.22. The van der Waals surface area contributed by atoms with E-state index in [1.54, 1.807) is 0 Å². The molecule has 4 heteroatoms. The molecule has 0 spiro atoms. The second-order valence-electron chi connectivity index (χ2n) is 5.00.